The topological polar surface area (TPSA) is 66.5 Å². The van der Waals surface area contributed by atoms with Gasteiger partial charge in [0.15, 0.2) is 0 Å². The van der Waals surface area contributed by atoms with Crippen molar-refractivity contribution in [2.24, 2.45) is 0 Å². The molecular weight excluding hydrogens is 367 g/mol. The summed E-state index contributed by atoms with van der Waals surface area (Å²) in [4.78, 5) is 12.1. The van der Waals surface area contributed by atoms with E-state index in [-0.39, 0.29) is 21.2 Å². The molecule has 5 nitrogen and oxygen atoms in total. The van der Waals surface area contributed by atoms with Gasteiger partial charge in [0.2, 0.25) is 10.0 Å². The maximum atomic E-state index is 13.2. The van der Waals surface area contributed by atoms with Crippen LogP contribution in [0.5, 0.6) is 0 Å². The summed E-state index contributed by atoms with van der Waals surface area (Å²) in [5, 5.41) is 2.66. The second-order valence-corrected chi connectivity index (χ2v) is 8.03. The van der Waals surface area contributed by atoms with Crippen LogP contribution in [0, 0.1) is 5.82 Å². The molecule has 0 spiro atoms. The molecule has 1 saturated heterocycles. The predicted molar refractivity (Wildman–Crippen MR) is 93.8 cm³/mol. The molecule has 25 heavy (non-hydrogen) atoms. The number of carbonyl (C=O) groups is 1. The van der Waals surface area contributed by atoms with Crippen LogP contribution >= 0.6 is 11.6 Å². The minimum absolute atomic E-state index is 0.0480. The van der Waals surface area contributed by atoms with E-state index in [2.05, 4.69) is 5.32 Å². The van der Waals surface area contributed by atoms with Gasteiger partial charge in [-0.15, -0.1) is 0 Å². The molecule has 1 heterocycles. The van der Waals surface area contributed by atoms with Gasteiger partial charge in [-0.05, 0) is 49.2 Å². The van der Waals surface area contributed by atoms with Gasteiger partial charge in [-0.25, -0.2) is 12.8 Å². The molecule has 1 aliphatic heterocycles. The number of nitrogens with zero attached hydrogens (tertiary/aromatic N) is 1. The number of hydrogen-bond donors (Lipinski definition) is 1. The van der Waals surface area contributed by atoms with Gasteiger partial charge in [0.1, 0.15) is 10.7 Å². The number of sulfonamides is 1. The Morgan fingerprint density at radius 1 is 1.12 bits per heavy atom. The van der Waals surface area contributed by atoms with Gasteiger partial charge in [0, 0.05) is 24.3 Å². The molecule has 132 valence electrons. The molecule has 8 heteroatoms. The number of halogens is 2. The molecule has 0 aliphatic carbocycles. The van der Waals surface area contributed by atoms with Crippen molar-refractivity contribution >= 4 is 33.2 Å². The minimum atomic E-state index is -3.71. The van der Waals surface area contributed by atoms with Gasteiger partial charge < -0.3 is 5.32 Å². The van der Waals surface area contributed by atoms with Crippen molar-refractivity contribution in [1.29, 1.82) is 0 Å². The highest BCUT2D eigenvalue weighted by Gasteiger charge is 2.29. The highest BCUT2D eigenvalue weighted by molar-refractivity contribution is 7.89. The largest absolute Gasteiger partial charge is 0.322 e. The zero-order valence-electron chi connectivity index (χ0n) is 13.2. The monoisotopic (exact) mass is 382 g/mol. The van der Waals surface area contributed by atoms with E-state index in [9.17, 15) is 17.6 Å². The fourth-order valence-electron chi connectivity index (χ4n) is 2.68. The summed E-state index contributed by atoms with van der Waals surface area (Å²) >= 11 is 6.07. The van der Waals surface area contributed by atoms with Crippen LogP contribution in [0.25, 0.3) is 0 Å². The average Bonchev–Trinajstić information content (AvgIpc) is 3.12. The third kappa shape index (κ3) is 3.84. The van der Waals surface area contributed by atoms with E-state index < -0.39 is 21.7 Å². The van der Waals surface area contributed by atoms with Crippen molar-refractivity contribution in [1.82, 2.24) is 4.31 Å². The molecule has 0 saturated carbocycles. The number of amides is 1. The van der Waals surface area contributed by atoms with E-state index in [1.807, 2.05) is 0 Å². The Labute approximate surface area is 150 Å². The smallest absolute Gasteiger partial charge is 0.255 e. The van der Waals surface area contributed by atoms with E-state index >= 15 is 0 Å². The fourth-order valence-corrected chi connectivity index (χ4v) is 4.70. The number of carbonyl (C=O) groups excluding carboxylic acids is 1. The maximum absolute atomic E-state index is 13.2. The van der Waals surface area contributed by atoms with Gasteiger partial charge in [-0.1, -0.05) is 17.7 Å². The third-order valence-electron chi connectivity index (χ3n) is 3.96. The summed E-state index contributed by atoms with van der Waals surface area (Å²) < 4.78 is 40.0. The number of rotatable bonds is 4. The first-order chi connectivity index (χ1) is 11.9. The lowest BCUT2D eigenvalue weighted by atomic mass is 10.2. The summed E-state index contributed by atoms with van der Waals surface area (Å²) in [6.45, 7) is 0.914. The highest BCUT2D eigenvalue weighted by atomic mass is 35.5. The molecule has 1 amide bonds. The Hall–Kier alpha value is -1.96. The van der Waals surface area contributed by atoms with Crippen LogP contribution in [0.3, 0.4) is 0 Å². The Balaban J connectivity index is 1.88. The first-order valence-corrected chi connectivity index (χ1v) is 9.56. The molecule has 1 N–H and O–H groups in total. The summed E-state index contributed by atoms with van der Waals surface area (Å²) in [5.41, 5.74) is 0.412. The summed E-state index contributed by atoms with van der Waals surface area (Å²) in [6.07, 6.45) is 1.62. The predicted octanol–water partition coefficient (Wildman–Crippen LogP) is 3.52. The molecule has 1 fully saturated rings. The fraction of sp³-hybridized carbons (Fsp3) is 0.235. The third-order valence-corrected chi connectivity index (χ3v) is 6.34. The quantitative estimate of drug-likeness (QED) is 0.879. The lowest BCUT2D eigenvalue weighted by Crippen LogP contribution is -2.28. The van der Waals surface area contributed by atoms with Crippen LogP contribution in [0.1, 0.15) is 23.2 Å². The number of anilines is 1. The van der Waals surface area contributed by atoms with Crippen molar-refractivity contribution in [3.05, 3.63) is 58.9 Å². The normalized spacial score (nSPS) is 15.3. The maximum Gasteiger partial charge on any atom is 0.255 e. The van der Waals surface area contributed by atoms with E-state index in [0.717, 1.165) is 18.9 Å². The SMILES string of the molecule is O=C(Nc1ccc(Cl)c(S(=O)(=O)N2CCCC2)c1)c1cccc(F)c1. The van der Waals surface area contributed by atoms with Crippen LogP contribution in [-0.4, -0.2) is 31.7 Å². The van der Waals surface area contributed by atoms with Gasteiger partial charge in [0.05, 0.1) is 5.02 Å². The molecule has 0 unspecified atom stereocenters. The van der Waals surface area contributed by atoms with Crippen LogP contribution in [0.4, 0.5) is 10.1 Å². The van der Waals surface area contributed by atoms with E-state index in [0.29, 0.717) is 13.1 Å². The van der Waals surface area contributed by atoms with Gasteiger partial charge in [0.25, 0.3) is 5.91 Å². The molecule has 0 radical (unpaired) electrons. The van der Waals surface area contributed by atoms with Gasteiger partial charge in [-0.2, -0.15) is 4.31 Å². The first kappa shape index (κ1) is 17.8. The Kier molecular flexibility index (Phi) is 5.08. The van der Waals surface area contributed by atoms with E-state index in [4.69, 9.17) is 11.6 Å². The molecule has 1 aliphatic rings. The van der Waals surface area contributed by atoms with Crippen molar-refractivity contribution in [2.45, 2.75) is 17.7 Å². The number of hydrogen-bond acceptors (Lipinski definition) is 3. The highest BCUT2D eigenvalue weighted by Crippen LogP contribution is 2.29. The van der Waals surface area contributed by atoms with E-state index in [1.165, 1.54) is 40.7 Å². The average molecular weight is 383 g/mol. The number of benzene rings is 2. The molecule has 0 atom stereocenters. The first-order valence-electron chi connectivity index (χ1n) is 7.74. The Bertz CT molecular complexity index is 912. The van der Waals surface area contributed by atoms with Crippen molar-refractivity contribution < 1.29 is 17.6 Å². The van der Waals surface area contributed by atoms with Crippen LogP contribution in [-0.2, 0) is 10.0 Å². The van der Waals surface area contributed by atoms with E-state index in [1.54, 1.807) is 0 Å². The second kappa shape index (κ2) is 7.11. The van der Waals surface area contributed by atoms with Crippen molar-refractivity contribution in [3.8, 4) is 0 Å². The zero-order valence-corrected chi connectivity index (χ0v) is 14.8. The standard InChI is InChI=1S/C17H16ClFN2O3S/c18-15-7-6-14(20-17(22)12-4-3-5-13(19)10-12)11-16(15)25(23,24)21-8-1-2-9-21/h3-7,10-11H,1-2,8-9H2,(H,20,22). The minimum Gasteiger partial charge on any atom is -0.322 e. The number of nitrogens with one attached hydrogen (secondary N) is 1. The summed E-state index contributed by atoms with van der Waals surface area (Å²) in [6, 6.07) is 9.49. The lowest BCUT2D eigenvalue weighted by molar-refractivity contribution is 0.102. The van der Waals surface area contributed by atoms with Gasteiger partial charge >= 0.3 is 0 Å². The van der Waals surface area contributed by atoms with Crippen LogP contribution in [0.15, 0.2) is 47.4 Å². The molecule has 2 aromatic carbocycles. The zero-order chi connectivity index (χ0) is 18.0. The summed E-state index contributed by atoms with van der Waals surface area (Å²) in [5.74, 6) is -1.06. The van der Waals surface area contributed by atoms with Crippen molar-refractivity contribution in [2.75, 3.05) is 18.4 Å². The molecular formula is C17H16ClFN2O3S. The molecule has 3 rings (SSSR count). The van der Waals surface area contributed by atoms with Crippen LogP contribution < -0.4 is 5.32 Å². The van der Waals surface area contributed by atoms with Gasteiger partial charge in [-0.3, -0.25) is 4.79 Å². The summed E-state index contributed by atoms with van der Waals surface area (Å²) in [7, 11) is -3.71. The van der Waals surface area contributed by atoms with Crippen LogP contribution in [0.2, 0.25) is 5.02 Å². The second-order valence-electron chi connectivity index (χ2n) is 5.72. The Morgan fingerprint density at radius 3 is 2.52 bits per heavy atom. The molecule has 0 aromatic heterocycles. The molecule has 0 bridgehead atoms. The van der Waals surface area contributed by atoms with Crippen molar-refractivity contribution in [3.63, 3.8) is 0 Å². The lowest BCUT2D eigenvalue weighted by Gasteiger charge is -2.17. The molecule has 2 aromatic rings. The Morgan fingerprint density at radius 2 is 1.84 bits per heavy atom.